The number of hydrogen-bond acceptors (Lipinski definition) is 23. The first-order valence-corrected chi connectivity index (χ1v) is 29.8. The number of piperazine rings is 1. The third-order valence-corrected chi connectivity index (χ3v) is 16.8. The lowest BCUT2D eigenvalue weighted by molar-refractivity contribution is -0.167. The van der Waals surface area contributed by atoms with Gasteiger partial charge in [0, 0.05) is 131 Å². The Morgan fingerprint density at radius 1 is 0.885 bits per heavy atom. The number of rotatable bonds is 17. The predicted molar refractivity (Wildman–Crippen MR) is 326 cm³/mol. The number of fused-ring (bicyclic) bond motifs is 14. The van der Waals surface area contributed by atoms with Crippen molar-refractivity contribution < 1.29 is 77.5 Å². The van der Waals surface area contributed by atoms with Crippen LogP contribution in [0.3, 0.4) is 0 Å². The quantitative estimate of drug-likeness (QED) is 0.0184. The summed E-state index contributed by atoms with van der Waals surface area (Å²) in [6.07, 6.45) is 3.60. The van der Waals surface area contributed by atoms with Crippen molar-refractivity contribution in [3.63, 3.8) is 0 Å². The zero-order valence-corrected chi connectivity index (χ0v) is 51.8. The van der Waals surface area contributed by atoms with Crippen molar-refractivity contribution in [3.05, 3.63) is 79.5 Å². The van der Waals surface area contributed by atoms with Gasteiger partial charge in [0.25, 0.3) is 5.91 Å². The summed E-state index contributed by atoms with van der Waals surface area (Å²) in [5, 5.41) is 65.8. The molecule has 0 aliphatic carbocycles. The molecule has 24 heteroatoms. The molecule has 4 aromatic rings. The number of nitrogens with one attached hydrogen (secondary N) is 3. The standard InChI is InChI=1S/C63H86N6O18/c1-13-40(29-70)64-19-20-65-41(14-2)31-83-62(80)61(79)82-30-39-17-15-16-33(5)52(73)35(7)53(74)36(8)56(85-38(10)71)34(6)44(81-12)18-25-84-63(11)59(77)48-46-47(54(75)37(9)57(48)87-63)55(76)51(67-60(39)78)58-50(46)66-49-43(72)26-42(27-45(49)86-58)69-23-21-68(22-24-69)28-32(3)4/h15-18,25-27,32-36,40-41,44,52-53,56,64-65,70,73-75,77H,13-14,19-24,28-31H2,1-12H3,(H,67,78). The van der Waals surface area contributed by atoms with Crippen molar-refractivity contribution in [1.29, 1.82) is 0 Å². The van der Waals surface area contributed by atoms with E-state index in [0.29, 0.717) is 44.2 Å². The molecular formula is C63H86N6O18. The first-order chi connectivity index (χ1) is 41.3. The maximum absolute atomic E-state index is 15.4. The van der Waals surface area contributed by atoms with Gasteiger partial charge in [-0.15, -0.1) is 0 Å². The number of amides is 1. The van der Waals surface area contributed by atoms with Gasteiger partial charge in [0.15, 0.2) is 22.4 Å². The van der Waals surface area contributed by atoms with Gasteiger partial charge in [-0.3, -0.25) is 24.1 Å². The van der Waals surface area contributed by atoms with Gasteiger partial charge in [-0.05, 0) is 31.8 Å². The number of aliphatic hydroxyl groups is 4. The summed E-state index contributed by atoms with van der Waals surface area (Å²) in [6, 6.07) is 2.59. The second-order valence-corrected chi connectivity index (χ2v) is 23.5. The zero-order chi connectivity index (χ0) is 63.8. The highest BCUT2D eigenvalue weighted by molar-refractivity contribution is 6.29. The van der Waals surface area contributed by atoms with Crippen LogP contribution < -0.4 is 41.7 Å². The van der Waals surface area contributed by atoms with Crippen molar-refractivity contribution >= 4 is 73.9 Å². The van der Waals surface area contributed by atoms with Crippen molar-refractivity contribution in [2.45, 2.75) is 131 Å². The van der Waals surface area contributed by atoms with E-state index in [9.17, 15) is 49.5 Å². The Labute approximate surface area is 505 Å². The molecule has 0 radical (unpaired) electrons. The summed E-state index contributed by atoms with van der Waals surface area (Å²) in [5.74, 6) is -10.7. The van der Waals surface area contributed by atoms with E-state index >= 15 is 4.79 Å². The van der Waals surface area contributed by atoms with Crippen LogP contribution in [0.5, 0.6) is 11.5 Å². The number of carbonyl (C=O) groups is 4. The van der Waals surface area contributed by atoms with E-state index in [-0.39, 0.29) is 69.4 Å². The van der Waals surface area contributed by atoms with E-state index < -0.39 is 123 Å². The second-order valence-electron chi connectivity index (χ2n) is 23.5. The highest BCUT2D eigenvalue weighted by Crippen LogP contribution is 2.42. The molecule has 5 bridgehead atoms. The lowest BCUT2D eigenvalue weighted by atomic mass is 9.78. The van der Waals surface area contributed by atoms with Crippen LogP contribution in [0.15, 0.2) is 62.3 Å². The van der Waals surface area contributed by atoms with Crippen molar-refractivity contribution in [3.8, 4) is 11.5 Å². The Balaban J connectivity index is 1.38. The average Bonchev–Trinajstić information content (AvgIpc) is 1.79. The number of phenolic OH excluding ortho intramolecular Hbond substituents is 1. The summed E-state index contributed by atoms with van der Waals surface area (Å²) in [4.78, 5) is 93.0. The molecule has 476 valence electrons. The third kappa shape index (κ3) is 15.0. The molecule has 1 saturated heterocycles. The molecule has 3 aromatic carbocycles. The Morgan fingerprint density at radius 3 is 2.18 bits per heavy atom. The highest BCUT2D eigenvalue weighted by Gasteiger charge is 2.44. The molecule has 11 unspecified atom stereocenters. The van der Waals surface area contributed by atoms with E-state index in [1.807, 2.05) is 18.7 Å². The van der Waals surface area contributed by atoms with Crippen LogP contribution in [0.4, 0.5) is 11.4 Å². The molecule has 24 nitrogen and oxygen atoms in total. The fraction of sp³-hybridized carbons (Fsp3) is 0.571. The van der Waals surface area contributed by atoms with Crippen molar-refractivity contribution in [2.75, 3.05) is 83.0 Å². The Morgan fingerprint density at radius 2 is 1.55 bits per heavy atom. The first kappa shape index (κ1) is 67.3. The van der Waals surface area contributed by atoms with Crippen LogP contribution in [0, 0.1) is 36.5 Å². The van der Waals surface area contributed by atoms with Gasteiger partial charge in [-0.25, -0.2) is 14.6 Å². The predicted octanol–water partition coefficient (Wildman–Crippen LogP) is 4.13. The topological polar surface area (TPSA) is 328 Å². The van der Waals surface area contributed by atoms with Gasteiger partial charge >= 0.3 is 23.7 Å². The van der Waals surface area contributed by atoms with E-state index in [2.05, 4.69) is 34.7 Å². The molecule has 8 rings (SSSR count). The van der Waals surface area contributed by atoms with Gasteiger partial charge in [0.1, 0.15) is 42.0 Å². The summed E-state index contributed by atoms with van der Waals surface area (Å²) in [7, 11) is 1.41. The first-order valence-electron chi connectivity index (χ1n) is 29.8. The summed E-state index contributed by atoms with van der Waals surface area (Å²) < 4.78 is 41.5. The number of benzene rings is 3. The van der Waals surface area contributed by atoms with Crippen LogP contribution in [0.1, 0.15) is 87.6 Å². The van der Waals surface area contributed by atoms with Crippen molar-refractivity contribution in [1.82, 2.24) is 20.5 Å². The molecule has 0 spiro atoms. The second kappa shape index (κ2) is 29.2. The number of ether oxygens (including phenoxy) is 6. The number of aliphatic hydroxyl groups excluding tert-OH is 4. The molecule has 1 aromatic heterocycles. The molecule has 87 heavy (non-hydrogen) atoms. The van der Waals surface area contributed by atoms with Crippen LogP contribution in [0.2, 0.25) is 0 Å². The number of nitrogens with zero attached hydrogens (tertiary/aromatic N) is 3. The Hall–Kier alpha value is -7.19. The Bertz CT molecular complexity index is 3440. The fourth-order valence-corrected chi connectivity index (χ4v) is 11.5. The minimum absolute atomic E-state index is 0.0274. The lowest BCUT2D eigenvalue weighted by Gasteiger charge is -2.38. The maximum atomic E-state index is 15.4. The summed E-state index contributed by atoms with van der Waals surface area (Å²) in [5.41, 5.74) is -3.08. The Kier molecular flexibility index (Phi) is 22.6. The number of methoxy groups -OCH3 is 1. The minimum Gasteiger partial charge on any atom is -0.507 e. The smallest absolute Gasteiger partial charge is 0.417 e. The molecule has 8 N–H and O–H groups in total. The van der Waals surface area contributed by atoms with Gasteiger partial charge in [0.2, 0.25) is 10.9 Å². The number of allylic oxidation sites excluding steroid dienone is 2. The van der Waals surface area contributed by atoms with Crippen LogP contribution in [-0.4, -0.2) is 174 Å². The fourth-order valence-electron chi connectivity index (χ4n) is 11.5. The van der Waals surface area contributed by atoms with Crippen LogP contribution in [-0.2, 0) is 42.9 Å². The number of anilines is 2. The zero-order valence-electron chi connectivity index (χ0n) is 51.8. The number of esters is 3. The maximum Gasteiger partial charge on any atom is 0.417 e. The molecule has 4 aliphatic heterocycles. The average molecular weight is 1220 g/mol. The van der Waals surface area contributed by atoms with E-state index in [0.717, 1.165) is 26.1 Å². The largest absolute Gasteiger partial charge is 0.507 e. The molecule has 4 aliphatic rings. The van der Waals surface area contributed by atoms with E-state index in [1.165, 1.54) is 64.5 Å². The lowest BCUT2D eigenvalue weighted by Crippen LogP contribution is -2.47. The molecular weight excluding hydrogens is 1130 g/mol. The monoisotopic (exact) mass is 1210 g/mol. The number of phenols is 1. The highest BCUT2D eigenvalue weighted by atomic mass is 16.7. The molecule has 1 fully saturated rings. The van der Waals surface area contributed by atoms with Gasteiger partial charge < -0.3 is 79.2 Å². The number of aromatic nitrogens is 1. The van der Waals surface area contributed by atoms with Crippen LogP contribution in [0.25, 0.3) is 38.7 Å². The molecule has 11 atom stereocenters. The molecule has 0 saturated carbocycles. The molecule has 5 heterocycles. The summed E-state index contributed by atoms with van der Waals surface area (Å²) >= 11 is 0. The SMILES string of the molecule is CCC(CO)NCCNC(CC)COC(=O)C(=O)OCC1=CC=CC(C)C(O)C(C)C(O)C(C)C(OC(C)=O)C(C)C(OC)C=COC2(C)Oc3c(C)c(O)c4c(=O)c(c5oc6cc(N7CCN(CC(C)C)CC7)cc(=O)c6nc5c4c3=C2O)NC1=O. The number of aromatic hydroxyl groups is 1. The van der Waals surface area contributed by atoms with Crippen LogP contribution >= 0.6 is 0 Å². The van der Waals surface area contributed by atoms with E-state index in [4.69, 9.17) is 37.8 Å². The van der Waals surface area contributed by atoms with Gasteiger partial charge in [-0.2, -0.15) is 0 Å². The number of hydrogen-bond donors (Lipinski definition) is 8. The summed E-state index contributed by atoms with van der Waals surface area (Å²) in [6.45, 7) is 22.1. The van der Waals surface area contributed by atoms with Gasteiger partial charge in [0.05, 0.1) is 47.4 Å². The third-order valence-electron chi connectivity index (χ3n) is 16.8. The normalized spacial score (nSPS) is 24.9. The van der Waals surface area contributed by atoms with Gasteiger partial charge in [-0.1, -0.05) is 73.6 Å². The van der Waals surface area contributed by atoms with E-state index in [1.54, 1.807) is 33.8 Å². The minimum atomic E-state index is -2.09. The number of carbonyl (C=O) groups excluding carboxylic acids is 4. The molecule has 1 amide bonds. The van der Waals surface area contributed by atoms with Crippen molar-refractivity contribution in [2.24, 2.45) is 29.6 Å².